The largest absolute Gasteiger partial charge is 0.509 e. The molecule has 1 amide bonds. The molecule has 1 saturated heterocycles. The van der Waals surface area contributed by atoms with Crippen molar-refractivity contribution in [1.29, 1.82) is 0 Å². The second kappa shape index (κ2) is 23.4. The average Bonchev–Trinajstić information content (AvgIpc) is 3.58. The molecular formula is C55H57Cl6NO17. The van der Waals surface area contributed by atoms with Crippen molar-refractivity contribution in [3.05, 3.63) is 124 Å². The van der Waals surface area contributed by atoms with Crippen molar-refractivity contribution in [1.82, 2.24) is 5.32 Å². The van der Waals surface area contributed by atoms with Crippen LogP contribution in [0.25, 0.3) is 6.08 Å². The van der Waals surface area contributed by atoms with Gasteiger partial charge in [0.05, 0.1) is 29.5 Å². The van der Waals surface area contributed by atoms with Gasteiger partial charge >= 0.3 is 30.2 Å². The van der Waals surface area contributed by atoms with E-state index in [1.165, 1.54) is 58.9 Å². The Bertz CT molecular complexity index is 2900. The third kappa shape index (κ3) is 12.5. The molecule has 3 N–H and O–H groups in total. The van der Waals surface area contributed by atoms with Crippen LogP contribution in [0.2, 0.25) is 0 Å². The number of aliphatic hydroxyl groups is 2. The molecular weight excluding hydrogens is 1160 g/mol. The lowest BCUT2D eigenvalue weighted by molar-refractivity contribution is -0.383. The molecule has 3 aromatic rings. The molecule has 1 heterocycles. The van der Waals surface area contributed by atoms with E-state index in [2.05, 4.69) is 5.32 Å². The summed E-state index contributed by atoms with van der Waals surface area (Å²) in [4.78, 5) is 101. The highest BCUT2D eigenvalue weighted by atomic mass is 35.6. The van der Waals surface area contributed by atoms with Gasteiger partial charge in [-0.2, -0.15) is 0 Å². The van der Waals surface area contributed by atoms with E-state index < -0.39 is 152 Å². The van der Waals surface area contributed by atoms with Gasteiger partial charge < -0.3 is 53.4 Å². The number of ether oxygens (including phenoxy) is 8. The predicted octanol–water partition coefficient (Wildman–Crippen LogP) is 9.41. The highest BCUT2D eigenvalue weighted by Crippen LogP contribution is 2.67. The van der Waals surface area contributed by atoms with Crippen molar-refractivity contribution in [2.75, 3.05) is 19.8 Å². The van der Waals surface area contributed by atoms with Crippen molar-refractivity contribution >= 4 is 118 Å². The Labute approximate surface area is 485 Å². The smallest absolute Gasteiger partial charge is 0.456 e. The van der Waals surface area contributed by atoms with Gasteiger partial charge in [0.15, 0.2) is 23.6 Å². The van der Waals surface area contributed by atoms with Crippen LogP contribution in [0.1, 0.15) is 88.8 Å². The molecule has 0 aromatic heterocycles. The number of carbonyl (C=O) groups is 7. The summed E-state index contributed by atoms with van der Waals surface area (Å²) in [5.74, 6) is -7.05. The number of halogens is 6. The molecule has 24 heteroatoms. The van der Waals surface area contributed by atoms with Crippen LogP contribution in [-0.4, -0.2) is 127 Å². The van der Waals surface area contributed by atoms with E-state index in [0.717, 1.165) is 6.92 Å². The third-order valence-electron chi connectivity index (χ3n) is 15.4. The zero-order valence-corrected chi connectivity index (χ0v) is 48.1. The van der Waals surface area contributed by atoms with Crippen molar-refractivity contribution < 1.29 is 81.7 Å². The fourth-order valence-corrected chi connectivity index (χ4v) is 11.7. The number of rotatable bonds is 14. The lowest BCUT2D eigenvalue weighted by Crippen LogP contribution is -2.85. The Balaban J connectivity index is 1.44. The highest BCUT2D eigenvalue weighted by Gasteiger charge is 2.82. The summed E-state index contributed by atoms with van der Waals surface area (Å²) in [5.41, 5.74) is -10.1. The average molecular weight is 1220 g/mol. The van der Waals surface area contributed by atoms with E-state index in [1.807, 2.05) is 0 Å². The lowest BCUT2D eigenvalue weighted by atomic mass is 9.42. The van der Waals surface area contributed by atoms with Crippen molar-refractivity contribution in [3.8, 4) is 0 Å². The minimum atomic E-state index is -2.67. The summed E-state index contributed by atoms with van der Waals surface area (Å²) < 4.78 is 43.2. The minimum Gasteiger partial charge on any atom is -0.456 e. The number of Topliss-reactive ketones (excluding diaryl/α,β-unsaturated/α-hetero) is 1. The van der Waals surface area contributed by atoms with Crippen molar-refractivity contribution in [3.63, 3.8) is 0 Å². The summed E-state index contributed by atoms with van der Waals surface area (Å²) in [6.45, 7) is 7.34. The first-order valence-electron chi connectivity index (χ1n) is 24.6. The summed E-state index contributed by atoms with van der Waals surface area (Å²) in [6.07, 6.45) is -12.8. The second-order valence-corrected chi connectivity index (χ2v) is 25.8. The molecule has 0 radical (unpaired) electrons. The Morgan fingerprint density at radius 3 is 1.85 bits per heavy atom. The maximum atomic E-state index is 16.5. The van der Waals surface area contributed by atoms with Gasteiger partial charge in [0.25, 0.3) is 0 Å². The maximum Gasteiger partial charge on any atom is 0.509 e. The van der Waals surface area contributed by atoms with Crippen LogP contribution < -0.4 is 5.32 Å². The molecule has 1 aliphatic heterocycles. The third-order valence-corrected chi connectivity index (χ3v) is 16.0. The number of esters is 3. The molecule has 79 heavy (non-hydrogen) atoms. The number of hydrogen-bond acceptors (Lipinski definition) is 17. The van der Waals surface area contributed by atoms with Gasteiger partial charge in [-0.25, -0.2) is 19.2 Å². The van der Waals surface area contributed by atoms with Crippen LogP contribution in [0.4, 0.5) is 9.59 Å². The van der Waals surface area contributed by atoms with E-state index >= 15 is 4.79 Å². The molecule has 426 valence electrons. The molecule has 1 unspecified atom stereocenters. The molecule has 3 aromatic carbocycles. The Morgan fingerprint density at radius 2 is 1.32 bits per heavy atom. The van der Waals surface area contributed by atoms with Gasteiger partial charge in [-0.05, 0) is 68.2 Å². The molecule has 3 fully saturated rings. The number of amides is 1. The topological polar surface area (TPSA) is 246 Å². The summed E-state index contributed by atoms with van der Waals surface area (Å²) in [5, 5.41) is 29.0. The first-order valence-corrected chi connectivity index (χ1v) is 26.9. The Hall–Kier alpha value is -5.15. The normalized spacial score (nSPS) is 29.0. The first-order chi connectivity index (χ1) is 36.8. The van der Waals surface area contributed by atoms with E-state index in [-0.39, 0.29) is 27.8 Å². The van der Waals surface area contributed by atoms with Crippen LogP contribution in [0.3, 0.4) is 0 Å². The molecule has 4 aliphatic rings. The fraction of sp³-hybridized carbons (Fsp3) is 0.473. The zero-order chi connectivity index (χ0) is 58.3. The summed E-state index contributed by atoms with van der Waals surface area (Å²) in [6, 6.07) is 23.0. The zero-order valence-electron chi connectivity index (χ0n) is 43.6. The van der Waals surface area contributed by atoms with Crippen LogP contribution in [0.15, 0.2) is 108 Å². The quantitative estimate of drug-likeness (QED) is 0.0447. The second-order valence-electron chi connectivity index (χ2n) is 20.8. The summed E-state index contributed by atoms with van der Waals surface area (Å²) >= 11 is 35.6. The lowest BCUT2D eigenvalue weighted by Gasteiger charge is -2.70. The fourth-order valence-electron chi connectivity index (χ4n) is 11.3. The van der Waals surface area contributed by atoms with Gasteiger partial charge in [0, 0.05) is 30.8 Å². The maximum absolute atomic E-state index is 16.5. The number of fused-ring (bicyclic) bond motifs is 5. The Morgan fingerprint density at radius 1 is 0.772 bits per heavy atom. The van der Waals surface area contributed by atoms with E-state index in [4.69, 9.17) is 108 Å². The molecule has 2 bridgehead atoms. The highest BCUT2D eigenvalue weighted by molar-refractivity contribution is 6.68. The van der Waals surface area contributed by atoms with Crippen LogP contribution in [0.5, 0.6) is 0 Å². The molecule has 18 nitrogen and oxygen atoms in total. The van der Waals surface area contributed by atoms with E-state index in [9.17, 15) is 39.0 Å². The van der Waals surface area contributed by atoms with Crippen LogP contribution in [-0.2, 0) is 57.1 Å². The van der Waals surface area contributed by atoms with Crippen molar-refractivity contribution in [2.24, 2.45) is 16.7 Å². The van der Waals surface area contributed by atoms with Gasteiger partial charge in [0.2, 0.25) is 13.5 Å². The number of hydrogen-bond donors (Lipinski definition) is 3. The summed E-state index contributed by atoms with van der Waals surface area (Å²) in [7, 11) is 0. The van der Waals surface area contributed by atoms with Crippen LogP contribution in [0, 0.1) is 16.7 Å². The predicted molar refractivity (Wildman–Crippen MR) is 288 cm³/mol. The minimum absolute atomic E-state index is 0.0400. The molecule has 3 aliphatic carbocycles. The number of benzene rings is 3. The molecule has 7 rings (SSSR count). The number of alkyl halides is 6. The van der Waals surface area contributed by atoms with E-state index in [0.29, 0.717) is 5.56 Å². The van der Waals surface area contributed by atoms with Gasteiger partial charge in [-0.15, -0.1) is 0 Å². The van der Waals surface area contributed by atoms with Gasteiger partial charge in [-0.1, -0.05) is 162 Å². The first kappa shape index (κ1) is 61.5. The van der Waals surface area contributed by atoms with Crippen LogP contribution >= 0.6 is 69.6 Å². The molecule has 11 atom stereocenters. The van der Waals surface area contributed by atoms with Gasteiger partial charge in [-0.3, -0.25) is 14.4 Å². The van der Waals surface area contributed by atoms with E-state index in [1.54, 1.807) is 79.7 Å². The Kier molecular flexibility index (Phi) is 18.2. The monoisotopic (exact) mass is 1210 g/mol. The number of nitrogens with one attached hydrogen (secondary N) is 1. The van der Waals surface area contributed by atoms with Crippen molar-refractivity contribution in [2.45, 2.75) is 122 Å². The standard InChI is InChI=1S/C55H57Cl6NO17/c1-29(23-32-17-11-8-12-18-32)44(66)62-38(33-19-13-9-14-20-33)39(64)46(68)75-35-24-52(71)43(78-45(67)34-21-15-10-16-22-34)41-51(7,42(65)40(37(30(35)2)49(52,4)5)77-48(70)73-28-55(59,60)61)36(76-47(69)72-27-54(56,57)58)25-50(6)53(41,26-74-50)79-31(3)63/h8-23,35-36,38-41,43,64,71H,24-28H2,1-7H3,(H,62,66)/b29-23+/t35-,36-,38-,39+,40+,41-,43-,50+,51+,52?,53+/m0/s1. The number of carbonyl (C=O) groups excluding carboxylic acids is 7. The SMILES string of the molecule is CC(=O)O[C@@]12CO[C@]1(C)C[C@H](OC(=O)OCC(Cl)(Cl)Cl)[C@@]1(C)C(=O)[C@H](OC(=O)OCC(Cl)(Cl)Cl)C3=C(C)[C@@H](OC(=O)[C@H](O)[C@@H](NC(=O)/C(C)=C/c4ccccc4)c4ccccc4)CC(O)([C@@H](OC(=O)c4ccccc4)[C@@H]12)C3(C)C. The number of aliphatic hydroxyl groups excluding tert-OH is 1. The molecule has 0 spiro atoms. The number of ketones is 1. The molecule has 2 saturated carbocycles. The van der Waals surface area contributed by atoms with Gasteiger partial charge in [0.1, 0.15) is 42.7 Å².